The van der Waals surface area contributed by atoms with Crippen LogP contribution < -0.4 is 10.6 Å². The Balaban J connectivity index is 1.77. The van der Waals surface area contributed by atoms with Crippen LogP contribution in [0.25, 0.3) is 0 Å². The molecular weight excluding hydrogens is 329 g/mol. The molecule has 2 heterocycles. The average molecular weight is 343 g/mol. The van der Waals surface area contributed by atoms with Gasteiger partial charge in [-0.2, -0.15) is 0 Å². The van der Waals surface area contributed by atoms with Crippen molar-refractivity contribution in [3.8, 4) is 0 Å². The minimum Gasteiger partial charge on any atom is -0.467 e. The summed E-state index contributed by atoms with van der Waals surface area (Å²) in [7, 11) is 0. The van der Waals surface area contributed by atoms with E-state index in [0.717, 1.165) is 5.56 Å². The molecule has 0 atom stereocenters. The highest BCUT2D eigenvalue weighted by Crippen LogP contribution is 2.29. The first-order valence-corrected chi connectivity index (χ1v) is 7.37. The van der Waals surface area contributed by atoms with Gasteiger partial charge in [-0.05, 0) is 29.8 Å². The van der Waals surface area contributed by atoms with E-state index in [2.05, 4.69) is 20.6 Å². The van der Waals surface area contributed by atoms with Gasteiger partial charge in [0.25, 0.3) is 0 Å². The molecule has 0 unspecified atom stereocenters. The first-order chi connectivity index (χ1) is 12.1. The van der Waals surface area contributed by atoms with Gasteiger partial charge < -0.3 is 15.1 Å². The van der Waals surface area contributed by atoms with Crippen LogP contribution in [0.1, 0.15) is 11.3 Å². The van der Waals surface area contributed by atoms with Crippen molar-refractivity contribution in [2.75, 3.05) is 10.6 Å². The van der Waals surface area contributed by atoms with E-state index in [-0.39, 0.29) is 36.2 Å². The molecule has 0 bridgehead atoms. The molecule has 0 spiro atoms. The fraction of sp³-hybridized carbons (Fsp3) is 0.125. The fourth-order valence-corrected chi connectivity index (χ4v) is 2.18. The maximum Gasteiger partial charge on any atom is 0.353 e. The highest BCUT2D eigenvalue weighted by Gasteiger charge is 2.22. The summed E-state index contributed by atoms with van der Waals surface area (Å²) >= 11 is 0. The molecule has 3 rings (SSSR count). The molecule has 0 saturated carbocycles. The summed E-state index contributed by atoms with van der Waals surface area (Å²) in [4.78, 5) is 18.7. The second-order valence-electron chi connectivity index (χ2n) is 5.09. The number of nitrogens with one attached hydrogen (secondary N) is 2. The van der Waals surface area contributed by atoms with Crippen molar-refractivity contribution in [3.63, 3.8) is 0 Å². The molecule has 0 aliphatic carbocycles. The van der Waals surface area contributed by atoms with Gasteiger partial charge in [-0.1, -0.05) is 12.1 Å². The molecule has 0 amide bonds. The lowest BCUT2D eigenvalue weighted by Gasteiger charge is -2.09. The zero-order valence-corrected chi connectivity index (χ0v) is 13.0. The molecule has 0 aliphatic rings. The van der Waals surface area contributed by atoms with Crippen molar-refractivity contribution in [2.45, 2.75) is 13.1 Å². The van der Waals surface area contributed by atoms with E-state index in [1.807, 2.05) is 0 Å². The Labute approximate surface area is 141 Å². The largest absolute Gasteiger partial charge is 0.467 e. The second-order valence-corrected chi connectivity index (χ2v) is 5.09. The lowest BCUT2D eigenvalue weighted by Crippen LogP contribution is -2.09. The molecule has 1 aromatic carbocycles. The topological polar surface area (TPSA) is 106 Å². The summed E-state index contributed by atoms with van der Waals surface area (Å²) in [5.41, 5.74) is 0.496. The van der Waals surface area contributed by atoms with Crippen molar-refractivity contribution in [2.24, 2.45) is 0 Å². The van der Waals surface area contributed by atoms with E-state index in [4.69, 9.17) is 4.42 Å². The van der Waals surface area contributed by atoms with E-state index < -0.39 is 4.92 Å². The van der Waals surface area contributed by atoms with Crippen LogP contribution in [0.5, 0.6) is 0 Å². The molecule has 0 radical (unpaired) electrons. The Morgan fingerprint density at radius 3 is 2.36 bits per heavy atom. The minimum atomic E-state index is -0.558. The Morgan fingerprint density at radius 2 is 1.76 bits per heavy atom. The number of hydrogen-bond acceptors (Lipinski definition) is 7. The van der Waals surface area contributed by atoms with Gasteiger partial charge in [0.2, 0.25) is 11.6 Å². The summed E-state index contributed by atoms with van der Waals surface area (Å²) in [6, 6.07) is 9.29. The standard InChI is InChI=1S/C16H14FN5O3/c17-12-5-3-11(4-6-12)8-18-15-14(22(23)24)16(21-10-20-15)19-9-13-2-1-7-25-13/h1-7,10H,8-9H2,(H2,18,19,20,21). The van der Waals surface area contributed by atoms with Crippen LogP contribution >= 0.6 is 0 Å². The van der Waals surface area contributed by atoms with Crippen LogP contribution in [-0.2, 0) is 13.1 Å². The van der Waals surface area contributed by atoms with Gasteiger partial charge in [0.05, 0.1) is 17.7 Å². The fourth-order valence-electron chi connectivity index (χ4n) is 2.18. The van der Waals surface area contributed by atoms with E-state index >= 15 is 0 Å². The number of furan rings is 1. The quantitative estimate of drug-likeness (QED) is 0.500. The van der Waals surface area contributed by atoms with Crippen molar-refractivity contribution in [3.05, 3.63) is 76.2 Å². The van der Waals surface area contributed by atoms with Crippen LogP contribution in [0, 0.1) is 15.9 Å². The van der Waals surface area contributed by atoms with Gasteiger partial charge >= 0.3 is 5.69 Å². The summed E-state index contributed by atoms with van der Waals surface area (Å²) in [5.74, 6) is 0.430. The Hall–Kier alpha value is -3.49. The van der Waals surface area contributed by atoms with Crippen LogP contribution in [0.15, 0.2) is 53.4 Å². The number of benzene rings is 1. The Morgan fingerprint density at radius 1 is 1.08 bits per heavy atom. The van der Waals surface area contributed by atoms with Gasteiger partial charge in [-0.15, -0.1) is 0 Å². The molecule has 25 heavy (non-hydrogen) atoms. The number of hydrogen-bond donors (Lipinski definition) is 2. The smallest absolute Gasteiger partial charge is 0.353 e. The minimum absolute atomic E-state index is 0.0752. The van der Waals surface area contributed by atoms with E-state index in [9.17, 15) is 14.5 Å². The normalized spacial score (nSPS) is 10.4. The van der Waals surface area contributed by atoms with Crippen LogP contribution in [0.2, 0.25) is 0 Å². The van der Waals surface area contributed by atoms with Crippen molar-refractivity contribution >= 4 is 17.3 Å². The number of nitrogens with zero attached hydrogens (tertiary/aromatic N) is 3. The summed E-state index contributed by atoms with van der Waals surface area (Å²) < 4.78 is 18.1. The predicted molar refractivity (Wildman–Crippen MR) is 88.4 cm³/mol. The summed E-state index contributed by atoms with van der Waals surface area (Å²) in [6.45, 7) is 0.512. The number of anilines is 2. The molecule has 3 aromatic rings. The SMILES string of the molecule is O=[N+]([O-])c1c(NCc2ccc(F)cc2)ncnc1NCc1ccco1. The summed E-state index contributed by atoms with van der Waals surface area (Å²) in [5, 5.41) is 17.2. The molecule has 0 saturated heterocycles. The maximum atomic E-state index is 12.9. The van der Waals surface area contributed by atoms with Crippen LogP contribution in [0.4, 0.5) is 21.7 Å². The van der Waals surface area contributed by atoms with Gasteiger partial charge in [-0.25, -0.2) is 14.4 Å². The van der Waals surface area contributed by atoms with Crippen molar-refractivity contribution in [1.82, 2.24) is 9.97 Å². The summed E-state index contributed by atoms with van der Waals surface area (Å²) in [6.07, 6.45) is 2.74. The van der Waals surface area contributed by atoms with Gasteiger partial charge in [-0.3, -0.25) is 10.1 Å². The van der Waals surface area contributed by atoms with Crippen molar-refractivity contribution < 1.29 is 13.7 Å². The first-order valence-electron chi connectivity index (χ1n) is 7.37. The molecule has 8 nitrogen and oxygen atoms in total. The zero-order chi connectivity index (χ0) is 17.6. The monoisotopic (exact) mass is 343 g/mol. The Kier molecular flexibility index (Phi) is 4.84. The molecule has 9 heteroatoms. The Bertz CT molecular complexity index is 853. The van der Waals surface area contributed by atoms with Crippen LogP contribution in [-0.4, -0.2) is 14.9 Å². The first kappa shape index (κ1) is 16.4. The zero-order valence-electron chi connectivity index (χ0n) is 13.0. The lowest BCUT2D eigenvalue weighted by atomic mass is 10.2. The third kappa shape index (κ3) is 4.08. The van der Waals surface area contributed by atoms with Crippen LogP contribution in [0.3, 0.4) is 0 Å². The third-order valence-electron chi connectivity index (χ3n) is 3.39. The van der Waals surface area contributed by atoms with Gasteiger partial charge in [0.15, 0.2) is 0 Å². The average Bonchev–Trinajstić information content (AvgIpc) is 3.12. The molecule has 2 aromatic heterocycles. The second kappa shape index (κ2) is 7.39. The van der Waals surface area contributed by atoms with E-state index in [0.29, 0.717) is 5.76 Å². The predicted octanol–water partition coefficient (Wildman–Crippen LogP) is 3.34. The number of rotatable bonds is 7. The van der Waals surface area contributed by atoms with Gasteiger partial charge in [0, 0.05) is 6.54 Å². The number of nitro groups is 1. The van der Waals surface area contributed by atoms with Gasteiger partial charge in [0.1, 0.15) is 17.9 Å². The molecular formula is C16H14FN5O3. The van der Waals surface area contributed by atoms with E-state index in [1.54, 1.807) is 24.3 Å². The highest BCUT2D eigenvalue weighted by molar-refractivity contribution is 5.69. The molecule has 0 aliphatic heterocycles. The molecule has 128 valence electrons. The third-order valence-corrected chi connectivity index (χ3v) is 3.39. The maximum absolute atomic E-state index is 12.9. The molecule has 0 fully saturated rings. The number of halogens is 1. The van der Waals surface area contributed by atoms with E-state index in [1.165, 1.54) is 24.7 Å². The lowest BCUT2D eigenvalue weighted by molar-refractivity contribution is -0.383. The van der Waals surface area contributed by atoms with Crippen molar-refractivity contribution in [1.29, 1.82) is 0 Å². The number of aromatic nitrogens is 2. The highest BCUT2D eigenvalue weighted by atomic mass is 19.1. The molecule has 2 N–H and O–H groups in total.